The Hall–Kier alpha value is -1.85. The smallest absolute Gasteiger partial charge is 0.0506 e. The van der Waals surface area contributed by atoms with E-state index in [1.54, 1.807) is 0 Å². The molecule has 0 saturated heterocycles. The van der Waals surface area contributed by atoms with E-state index in [9.17, 15) is 0 Å². The lowest BCUT2D eigenvalue weighted by atomic mass is 10.3. The van der Waals surface area contributed by atoms with Gasteiger partial charge in [0, 0.05) is 35.4 Å². The Bertz CT molecular complexity index is 675. The molecule has 3 aromatic heterocycles. The lowest BCUT2D eigenvalue weighted by Crippen LogP contribution is -1.94. The molecule has 3 heterocycles. The van der Waals surface area contributed by atoms with Crippen molar-refractivity contribution in [3.63, 3.8) is 0 Å². The molecular formula is C19H19N3S2. The van der Waals surface area contributed by atoms with Crippen molar-refractivity contribution in [3.05, 3.63) is 89.8 Å². The number of hydrogen-bond acceptors (Lipinski definition) is 5. The molecule has 0 aliphatic heterocycles. The monoisotopic (exact) mass is 353 g/mol. The third-order valence-electron chi connectivity index (χ3n) is 3.32. The maximum absolute atomic E-state index is 4.75. The largest absolute Gasteiger partial charge is 0.260 e. The van der Waals surface area contributed by atoms with Crippen molar-refractivity contribution >= 4 is 23.5 Å². The second-order valence-corrected chi connectivity index (χ2v) is 7.22. The van der Waals surface area contributed by atoms with Gasteiger partial charge >= 0.3 is 0 Å². The fourth-order valence-electron chi connectivity index (χ4n) is 2.18. The molecule has 5 heteroatoms. The zero-order valence-corrected chi connectivity index (χ0v) is 15.0. The van der Waals surface area contributed by atoms with Crippen LogP contribution in [0.2, 0.25) is 0 Å². The first kappa shape index (κ1) is 17.0. The molecule has 0 N–H and O–H groups in total. The van der Waals surface area contributed by atoms with Crippen LogP contribution in [0.5, 0.6) is 0 Å². The van der Waals surface area contributed by atoms with E-state index in [4.69, 9.17) is 4.98 Å². The van der Waals surface area contributed by atoms with Gasteiger partial charge in [0.25, 0.3) is 0 Å². The van der Waals surface area contributed by atoms with E-state index < -0.39 is 0 Å². The molecule has 0 saturated carbocycles. The normalized spacial score (nSPS) is 10.7. The van der Waals surface area contributed by atoms with E-state index in [-0.39, 0.29) is 0 Å². The van der Waals surface area contributed by atoms with Crippen molar-refractivity contribution in [1.82, 2.24) is 15.0 Å². The Balaban J connectivity index is 1.45. The molecule has 0 radical (unpaired) electrons. The van der Waals surface area contributed by atoms with Gasteiger partial charge < -0.3 is 0 Å². The predicted octanol–water partition coefficient (Wildman–Crippen LogP) is 4.74. The summed E-state index contributed by atoms with van der Waals surface area (Å²) in [5.41, 5.74) is 4.49. The van der Waals surface area contributed by atoms with Gasteiger partial charge in [-0.3, -0.25) is 15.0 Å². The standard InChI is InChI=1S/C19H19N3S2/c1-3-10-20-16(6-1)12-23-14-18-8-5-9-19(22-18)15-24-13-17-7-2-4-11-21-17/h1-11H,12-15H2. The van der Waals surface area contributed by atoms with Gasteiger partial charge in [0.2, 0.25) is 0 Å². The summed E-state index contributed by atoms with van der Waals surface area (Å²) in [6.45, 7) is 0. The van der Waals surface area contributed by atoms with E-state index in [1.807, 2.05) is 60.2 Å². The number of nitrogens with zero attached hydrogens (tertiary/aromatic N) is 3. The lowest BCUT2D eigenvalue weighted by Gasteiger charge is -2.05. The molecule has 0 amide bonds. The Kier molecular flexibility index (Phi) is 6.69. The molecule has 3 nitrogen and oxygen atoms in total. The zero-order valence-electron chi connectivity index (χ0n) is 13.3. The van der Waals surface area contributed by atoms with Crippen LogP contribution in [0.1, 0.15) is 22.8 Å². The minimum Gasteiger partial charge on any atom is -0.260 e. The van der Waals surface area contributed by atoms with Gasteiger partial charge in [-0.05, 0) is 36.4 Å². The van der Waals surface area contributed by atoms with E-state index in [1.165, 1.54) is 0 Å². The Morgan fingerprint density at radius 2 is 1.00 bits per heavy atom. The summed E-state index contributed by atoms with van der Waals surface area (Å²) in [6.07, 6.45) is 3.68. The molecule has 0 spiro atoms. The predicted molar refractivity (Wildman–Crippen MR) is 103 cm³/mol. The van der Waals surface area contributed by atoms with Crippen molar-refractivity contribution in [2.24, 2.45) is 0 Å². The number of rotatable bonds is 8. The van der Waals surface area contributed by atoms with E-state index in [2.05, 4.69) is 40.3 Å². The van der Waals surface area contributed by atoms with Crippen LogP contribution in [-0.4, -0.2) is 15.0 Å². The Morgan fingerprint density at radius 1 is 0.542 bits per heavy atom. The summed E-state index contributed by atoms with van der Waals surface area (Å²) in [7, 11) is 0. The second kappa shape index (κ2) is 9.45. The Labute approximate surface area is 151 Å². The van der Waals surface area contributed by atoms with Crippen LogP contribution in [0.4, 0.5) is 0 Å². The summed E-state index contributed by atoms with van der Waals surface area (Å²) >= 11 is 3.69. The van der Waals surface area contributed by atoms with Crippen LogP contribution >= 0.6 is 23.5 Å². The highest BCUT2D eigenvalue weighted by Crippen LogP contribution is 2.18. The van der Waals surface area contributed by atoms with Gasteiger partial charge in [0.05, 0.1) is 22.8 Å². The van der Waals surface area contributed by atoms with Gasteiger partial charge in [-0.1, -0.05) is 18.2 Å². The van der Waals surface area contributed by atoms with Crippen LogP contribution in [0.25, 0.3) is 0 Å². The third-order valence-corrected chi connectivity index (χ3v) is 5.32. The molecule has 24 heavy (non-hydrogen) atoms. The summed E-state index contributed by atoms with van der Waals surface area (Å²) in [5, 5.41) is 0. The number of hydrogen-bond donors (Lipinski definition) is 0. The van der Waals surface area contributed by atoms with Gasteiger partial charge in [-0.2, -0.15) is 0 Å². The van der Waals surface area contributed by atoms with Gasteiger partial charge in [-0.25, -0.2) is 0 Å². The van der Waals surface area contributed by atoms with Crippen molar-refractivity contribution in [2.45, 2.75) is 23.0 Å². The molecule has 0 aromatic carbocycles. The number of thioether (sulfide) groups is 2. The van der Waals surface area contributed by atoms with Gasteiger partial charge in [0.15, 0.2) is 0 Å². The van der Waals surface area contributed by atoms with Crippen molar-refractivity contribution in [3.8, 4) is 0 Å². The molecule has 0 aliphatic rings. The fraction of sp³-hybridized carbons (Fsp3) is 0.211. The molecule has 3 aromatic rings. The Morgan fingerprint density at radius 3 is 1.46 bits per heavy atom. The first-order chi connectivity index (χ1) is 11.9. The van der Waals surface area contributed by atoms with Gasteiger partial charge in [-0.15, -0.1) is 23.5 Å². The first-order valence-corrected chi connectivity index (χ1v) is 10.1. The summed E-state index contributed by atoms with van der Waals surface area (Å²) in [4.78, 5) is 13.4. The topological polar surface area (TPSA) is 38.7 Å². The highest BCUT2D eigenvalue weighted by molar-refractivity contribution is 7.97. The summed E-state index contributed by atoms with van der Waals surface area (Å²) in [5.74, 6) is 3.66. The molecule has 0 aliphatic carbocycles. The minimum absolute atomic E-state index is 0.912. The highest BCUT2D eigenvalue weighted by Gasteiger charge is 2.01. The van der Waals surface area contributed by atoms with E-state index >= 15 is 0 Å². The average molecular weight is 354 g/mol. The minimum atomic E-state index is 0.912. The SMILES string of the molecule is c1ccc(CSCc2cccc(CSCc3ccccn3)n2)nc1. The van der Waals surface area contributed by atoms with E-state index in [0.29, 0.717) is 0 Å². The molecule has 122 valence electrons. The summed E-state index contributed by atoms with van der Waals surface area (Å²) < 4.78 is 0. The fourth-order valence-corrected chi connectivity index (χ4v) is 3.88. The number of pyridine rings is 3. The quantitative estimate of drug-likeness (QED) is 0.585. The van der Waals surface area contributed by atoms with Crippen molar-refractivity contribution in [1.29, 1.82) is 0 Å². The van der Waals surface area contributed by atoms with Crippen LogP contribution < -0.4 is 0 Å². The third kappa shape index (κ3) is 5.65. The maximum atomic E-state index is 4.75. The average Bonchev–Trinajstić information content (AvgIpc) is 2.64. The van der Waals surface area contributed by atoms with Gasteiger partial charge in [0.1, 0.15) is 0 Å². The van der Waals surface area contributed by atoms with Crippen LogP contribution in [-0.2, 0) is 23.0 Å². The molecule has 0 bridgehead atoms. The lowest BCUT2D eigenvalue weighted by molar-refractivity contribution is 1.08. The first-order valence-electron chi connectivity index (χ1n) is 7.80. The van der Waals surface area contributed by atoms with E-state index in [0.717, 1.165) is 45.8 Å². The zero-order chi connectivity index (χ0) is 16.5. The van der Waals surface area contributed by atoms with Crippen LogP contribution in [0.15, 0.2) is 67.0 Å². The molecule has 0 fully saturated rings. The highest BCUT2D eigenvalue weighted by atomic mass is 32.2. The molecule has 3 rings (SSSR count). The molecule has 0 unspecified atom stereocenters. The number of aromatic nitrogens is 3. The van der Waals surface area contributed by atoms with Crippen LogP contribution in [0.3, 0.4) is 0 Å². The van der Waals surface area contributed by atoms with Crippen molar-refractivity contribution < 1.29 is 0 Å². The second-order valence-electron chi connectivity index (χ2n) is 5.25. The summed E-state index contributed by atoms with van der Waals surface area (Å²) in [6, 6.07) is 18.4. The molecular weight excluding hydrogens is 334 g/mol. The maximum Gasteiger partial charge on any atom is 0.0506 e. The van der Waals surface area contributed by atoms with Crippen molar-refractivity contribution in [2.75, 3.05) is 0 Å². The molecule has 0 atom stereocenters. The van der Waals surface area contributed by atoms with Crippen LogP contribution in [0, 0.1) is 0 Å².